The van der Waals surface area contributed by atoms with E-state index in [0.717, 1.165) is 0 Å². The molecular formula is C21H27N5O7S. The Morgan fingerprint density at radius 3 is 2.35 bits per heavy atom. The summed E-state index contributed by atoms with van der Waals surface area (Å²) in [6.45, 7) is 3.43. The number of amides is 4. The molecule has 2 aliphatic heterocycles. The van der Waals surface area contributed by atoms with Gasteiger partial charge in [-0.3, -0.25) is 19.2 Å². The smallest absolute Gasteiger partial charge is 0.327 e. The molecule has 34 heavy (non-hydrogen) atoms. The predicted molar refractivity (Wildman–Crippen MR) is 121 cm³/mol. The number of phenols is 1. The molecule has 0 spiro atoms. The summed E-state index contributed by atoms with van der Waals surface area (Å²) in [5.74, 6) is -3.66. The van der Waals surface area contributed by atoms with Crippen LogP contribution in [0.3, 0.4) is 0 Å². The van der Waals surface area contributed by atoms with Crippen LogP contribution >= 0.6 is 11.8 Å². The fourth-order valence-corrected chi connectivity index (χ4v) is 5.62. The van der Waals surface area contributed by atoms with E-state index in [1.165, 1.54) is 48.0 Å². The fourth-order valence-electron chi connectivity index (χ4n) is 3.99. The van der Waals surface area contributed by atoms with Crippen LogP contribution in [0.25, 0.3) is 0 Å². The van der Waals surface area contributed by atoms with E-state index >= 15 is 0 Å². The Hall–Kier alpha value is -3.32. The summed E-state index contributed by atoms with van der Waals surface area (Å²) < 4.78 is -0.761. The van der Waals surface area contributed by atoms with Gasteiger partial charge in [-0.25, -0.2) is 4.79 Å². The van der Waals surface area contributed by atoms with Crippen LogP contribution in [0.4, 0.5) is 0 Å². The van der Waals surface area contributed by atoms with Crippen molar-refractivity contribution in [2.75, 3.05) is 7.05 Å². The second-order valence-corrected chi connectivity index (χ2v) is 10.4. The Morgan fingerprint density at radius 1 is 1.18 bits per heavy atom. The number of thioether (sulfide) groups is 1. The van der Waals surface area contributed by atoms with Crippen molar-refractivity contribution in [2.24, 2.45) is 5.73 Å². The van der Waals surface area contributed by atoms with Crippen molar-refractivity contribution in [1.29, 1.82) is 0 Å². The summed E-state index contributed by atoms with van der Waals surface area (Å²) in [5.41, 5.74) is 6.09. The molecule has 13 heteroatoms. The molecule has 0 bridgehead atoms. The SMILES string of the molecule is CNC(=O)C[C@@H](N)C(=O)NC(C(=O)N[C@@H]1C(=O)N2[C@@H]1SC(C)(C)[C@@H]2C(=O)O)c1ccc(O)cc1. The molecule has 7 N–H and O–H groups in total. The van der Waals surface area contributed by atoms with Gasteiger partial charge in [0.05, 0.1) is 12.5 Å². The van der Waals surface area contributed by atoms with Gasteiger partial charge in [0, 0.05) is 11.8 Å². The van der Waals surface area contributed by atoms with Crippen LogP contribution in [-0.4, -0.2) is 80.0 Å². The first-order chi connectivity index (χ1) is 15.9. The molecule has 1 unspecified atom stereocenters. The quantitative estimate of drug-likeness (QED) is 0.238. The highest BCUT2D eigenvalue weighted by Gasteiger charge is 2.64. The molecular weight excluding hydrogens is 466 g/mol. The summed E-state index contributed by atoms with van der Waals surface area (Å²) >= 11 is 1.27. The molecule has 12 nitrogen and oxygen atoms in total. The maximum absolute atomic E-state index is 13.2. The molecule has 2 aliphatic rings. The molecule has 0 aliphatic carbocycles. The number of carbonyl (C=O) groups excluding carboxylic acids is 4. The zero-order valence-corrected chi connectivity index (χ0v) is 19.6. The number of β-lactam (4-membered cyclic amide) rings is 1. The Bertz CT molecular complexity index is 1020. The van der Waals surface area contributed by atoms with Crippen molar-refractivity contribution >= 4 is 41.4 Å². The molecule has 184 valence electrons. The first-order valence-corrected chi connectivity index (χ1v) is 11.3. The van der Waals surface area contributed by atoms with Gasteiger partial charge in [0.15, 0.2) is 0 Å². The lowest BCUT2D eigenvalue weighted by Crippen LogP contribution is -2.71. The third-order valence-corrected chi connectivity index (χ3v) is 7.34. The normalized spacial score (nSPS) is 24.3. The van der Waals surface area contributed by atoms with Crippen molar-refractivity contribution in [2.45, 2.75) is 54.6 Å². The van der Waals surface area contributed by atoms with Crippen molar-refractivity contribution in [3.05, 3.63) is 29.8 Å². The van der Waals surface area contributed by atoms with Crippen LogP contribution in [0.1, 0.15) is 31.9 Å². The zero-order chi connectivity index (χ0) is 25.4. The van der Waals surface area contributed by atoms with E-state index in [9.17, 15) is 34.2 Å². The van der Waals surface area contributed by atoms with Gasteiger partial charge in [-0.1, -0.05) is 12.1 Å². The average molecular weight is 494 g/mol. The van der Waals surface area contributed by atoms with Crippen LogP contribution in [-0.2, 0) is 24.0 Å². The topological polar surface area (TPSA) is 191 Å². The van der Waals surface area contributed by atoms with Gasteiger partial charge in [0.1, 0.15) is 29.2 Å². The lowest BCUT2D eigenvalue weighted by molar-refractivity contribution is -0.161. The fraction of sp³-hybridized carbons (Fsp3) is 0.476. The van der Waals surface area contributed by atoms with E-state index in [1.54, 1.807) is 13.8 Å². The molecule has 2 saturated heterocycles. The highest BCUT2D eigenvalue weighted by molar-refractivity contribution is 8.01. The van der Waals surface area contributed by atoms with Gasteiger partial charge in [0.25, 0.3) is 0 Å². The van der Waals surface area contributed by atoms with E-state index < -0.39 is 63.9 Å². The minimum Gasteiger partial charge on any atom is -0.508 e. The monoisotopic (exact) mass is 493 g/mol. The lowest BCUT2D eigenvalue weighted by Gasteiger charge is -2.44. The number of nitrogens with zero attached hydrogens (tertiary/aromatic N) is 1. The maximum Gasteiger partial charge on any atom is 0.327 e. The molecule has 2 fully saturated rings. The first kappa shape index (κ1) is 25.3. The number of benzene rings is 1. The number of aromatic hydroxyl groups is 1. The zero-order valence-electron chi connectivity index (χ0n) is 18.8. The summed E-state index contributed by atoms with van der Waals surface area (Å²) in [7, 11) is 1.40. The molecule has 1 aromatic carbocycles. The summed E-state index contributed by atoms with van der Waals surface area (Å²) in [5, 5.41) is 26.0. The number of carboxylic acids is 1. The van der Waals surface area contributed by atoms with E-state index in [2.05, 4.69) is 16.0 Å². The highest BCUT2D eigenvalue weighted by atomic mass is 32.2. The van der Waals surface area contributed by atoms with Crippen LogP contribution < -0.4 is 21.7 Å². The van der Waals surface area contributed by atoms with Crippen LogP contribution in [0.15, 0.2) is 24.3 Å². The molecule has 4 amide bonds. The second kappa shape index (κ2) is 9.50. The standard InChI is InChI=1S/C21H27N5O7S/c1-21(2)15(20(32)33)26-18(31)14(19(26)34-21)25-17(30)13(9-4-6-10(27)7-5-9)24-16(29)11(22)8-12(28)23-3/h4-7,11,13-15,19,27H,8,22H2,1-3H3,(H,23,28)(H,24,29)(H,25,30)(H,32,33)/t11-,13?,14-,15+,19-/m1/s1. The third kappa shape index (κ3) is 4.80. The number of nitrogens with two attached hydrogens (primary N) is 1. The van der Waals surface area contributed by atoms with Gasteiger partial charge >= 0.3 is 5.97 Å². The number of nitrogens with one attached hydrogen (secondary N) is 3. The molecule has 1 aromatic rings. The lowest BCUT2D eigenvalue weighted by atomic mass is 9.95. The minimum atomic E-state index is -1.28. The molecule has 3 rings (SSSR count). The van der Waals surface area contributed by atoms with Crippen LogP contribution in [0.5, 0.6) is 5.75 Å². The first-order valence-electron chi connectivity index (χ1n) is 10.5. The van der Waals surface area contributed by atoms with Crippen LogP contribution in [0.2, 0.25) is 0 Å². The molecule has 0 aromatic heterocycles. The summed E-state index contributed by atoms with van der Waals surface area (Å²) in [6, 6.07) is 0.997. The van der Waals surface area contributed by atoms with Gasteiger partial charge in [0.2, 0.25) is 23.6 Å². The Balaban J connectivity index is 1.78. The Morgan fingerprint density at radius 2 is 1.79 bits per heavy atom. The van der Waals surface area contributed by atoms with Gasteiger partial charge < -0.3 is 36.8 Å². The van der Waals surface area contributed by atoms with Gasteiger partial charge in [-0.15, -0.1) is 11.8 Å². The third-order valence-electron chi connectivity index (χ3n) is 5.77. The number of fused-ring (bicyclic) bond motifs is 1. The molecule has 5 atom stereocenters. The second-order valence-electron chi connectivity index (χ2n) is 8.60. The van der Waals surface area contributed by atoms with Crippen molar-refractivity contribution < 1.29 is 34.2 Å². The Labute approximate surface area is 199 Å². The summed E-state index contributed by atoms with van der Waals surface area (Å²) in [6.07, 6.45) is -0.299. The average Bonchev–Trinajstić information content (AvgIpc) is 3.03. The van der Waals surface area contributed by atoms with E-state index in [-0.39, 0.29) is 12.2 Å². The van der Waals surface area contributed by atoms with Crippen LogP contribution in [0, 0.1) is 0 Å². The van der Waals surface area contributed by atoms with Gasteiger partial charge in [-0.2, -0.15) is 0 Å². The highest BCUT2D eigenvalue weighted by Crippen LogP contribution is 2.50. The summed E-state index contributed by atoms with van der Waals surface area (Å²) in [4.78, 5) is 62.9. The number of phenolic OH excluding ortho intramolecular Hbond substituents is 1. The number of hydrogen-bond donors (Lipinski definition) is 6. The minimum absolute atomic E-state index is 0.0559. The van der Waals surface area contributed by atoms with Crippen molar-refractivity contribution in [3.63, 3.8) is 0 Å². The Kier molecular flexibility index (Phi) is 7.07. The molecule has 2 heterocycles. The number of aliphatic carboxylic acids is 1. The molecule has 0 saturated carbocycles. The van der Waals surface area contributed by atoms with E-state index in [0.29, 0.717) is 5.56 Å². The van der Waals surface area contributed by atoms with E-state index in [4.69, 9.17) is 5.73 Å². The van der Waals surface area contributed by atoms with Gasteiger partial charge in [-0.05, 0) is 31.5 Å². The number of rotatable bonds is 8. The van der Waals surface area contributed by atoms with E-state index in [1.807, 2.05) is 0 Å². The number of carboxylic acid groups (broad SMARTS) is 1. The van der Waals surface area contributed by atoms with Crippen molar-refractivity contribution in [1.82, 2.24) is 20.9 Å². The molecule has 0 radical (unpaired) electrons. The predicted octanol–water partition coefficient (Wildman–Crippen LogP) is -1.36. The number of hydrogen-bond acceptors (Lipinski definition) is 8. The largest absolute Gasteiger partial charge is 0.508 e. The van der Waals surface area contributed by atoms with Crippen molar-refractivity contribution in [3.8, 4) is 5.75 Å². The maximum atomic E-state index is 13.2. The number of carbonyl (C=O) groups is 5.